The number of nitrogens with zero attached hydrogens (tertiary/aromatic N) is 2. The van der Waals surface area contributed by atoms with Gasteiger partial charge in [0.25, 0.3) is 0 Å². The third kappa shape index (κ3) is 4.41. The van der Waals surface area contributed by atoms with E-state index in [1.807, 2.05) is 39.0 Å². The zero-order chi connectivity index (χ0) is 17.5. The van der Waals surface area contributed by atoms with Crippen LogP contribution in [0, 0.1) is 12.7 Å². The number of rotatable bonds is 6. The quantitative estimate of drug-likeness (QED) is 0.581. The van der Waals surface area contributed by atoms with Crippen LogP contribution in [0.1, 0.15) is 36.1 Å². The standard InChI is InChI=1S/C19H21FN2O2/c1-13-6-5-7-18(15(3)21-23-4)19(13)12-24-22-14(2)16-8-10-17(20)11-9-16/h5-11H,12H2,1-4H3/b21-15-,22-14+. The molecular formula is C19H21FN2O2. The number of hydrogen-bond acceptors (Lipinski definition) is 4. The molecule has 2 aromatic carbocycles. The maximum atomic E-state index is 13.0. The summed E-state index contributed by atoms with van der Waals surface area (Å²) in [6.45, 7) is 6.04. The van der Waals surface area contributed by atoms with Gasteiger partial charge in [-0.05, 0) is 44.0 Å². The average Bonchev–Trinajstić information content (AvgIpc) is 2.57. The second-order valence-electron chi connectivity index (χ2n) is 5.42. The maximum Gasteiger partial charge on any atom is 0.143 e. The van der Waals surface area contributed by atoms with Gasteiger partial charge < -0.3 is 9.68 Å². The highest BCUT2D eigenvalue weighted by atomic mass is 19.1. The van der Waals surface area contributed by atoms with Crippen LogP contribution in [0.3, 0.4) is 0 Å². The monoisotopic (exact) mass is 328 g/mol. The number of halogens is 1. The van der Waals surface area contributed by atoms with E-state index in [-0.39, 0.29) is 5.82 Å². The van der Waals surface area contributed by atoms with Gasteiger partial charge in [-0.3, -0.25) is 0 Å². The second-order valence-corrected chi connectivity index (χ2v) is 5.42. The van der Waals surface area contributed by atoms with Crippen molar-refractivity contribution in [1.82, 2.24) is 0 Å². The minimum absolute atomic E-state index is 0.273. The summed E-state index contributed by atoms with van der Waals surface area (Å²) in [6, 6.07) is 12.1. The molecule has 0 aliphatic carbocycles. The zero-order valence-electron chi connectivity index (χ0n) is 14.3. The minimum atomic E-state index is -0.273. The van der Waals surface area contributed by atoms with Gasteiger partial charge in [-0.15, -0.1) is 0 Å². The predicted molar refractivity (Wildman–Crippen MR) is 93.8 cm³/mol. The lowest BCUT2D eigenvalue weighted by molar-refractivity contribution is 0.130. The van der Waals surface area contributed by atoms with Crippen molar-refractivity contribution in [3.05, 3.63) is 70.5 Å². The fourth-order valence-corrected chi connectivity index (χ4v) is 2.36. The first kappa shape index (κ1) is 17.7. The lowest BCUT2D eigenvalue weighted by Gasteiger charge is -2.11. The summed E-state index contributed by atoms with van der Waals surface area (Å²) in [5.74, 6) is -0.273. The summed E-state index contributed by atoms with van der Waals surface area (Å²) >= 11 is 0. The summed E-state index contributed by atoms with van der Waals surface area (Å²) in [6.07, 6.45) is 0. The fraction of sp³-hybridized carbons (Fsp3) is 0.263. The Hall–Kier alpha value is -2.69. The Bertz CT molecular complexity index is 752. The van der Waals surface area contributed by atoms with Gasteiger partial charge in [-0.2, -0.15) is 0 Å². The van der Waals surface area contributed by atoms with Crippen molar-refractivity contribution in [1.29, 1.82) is 0 Å². The first-order chi connectivity index (χ1) is 11.5. The smallest absolute Gasteiger partial charge is 0.143 e. The highest BCUT2D eigenvalue weighted by molar-refractivity contribution is 6.00. The summed E-state index contributed by atoms with van der Waals surface area (Å²) in [7, 11) is 1.52. The molecule has 0 spiro atoms. The number of aryl methyl sites for hydroxylation is 1. The third-order valence-electron chi connectivity index (χ3n) is 3.70. The Morgan fingerprint density at radius 3 is 2.38 bits per heavy atom. The van der Waals surface area contributed by atoms with E-state index in [0.29, 0.717) is 12.3 Å². The van der Waals surface area contributed by atoms with Crippen molar-refractivity contribution in [3.8, 4) is 0 Å². The summed E-state index contributed by atoms with van der Waals surface area (Å²) in [4.78, 5) is 10.4. The molecule has 0 radical (unpaired) electrons. The van der Waals surface area contributed by atoms with E-state index in [9.17, 15) is 4.39 Å². The molecule has 5 heteroatoms. The molecule has 0 unspecified atom stereocenters. The SMILES string of the molecule is CO/N=C(/C)c1cccc(C)c1CO/N=C(\C)c1ccc(F)cc1. The Balaban J connectivity index is 2.16. The molecule has 0 saturated carbocycles. The molecule has 0 aromatic heterocycles. The lowest BCUT2D eigenvalue weighted by atomic mass is 10.00. The largest absolute Gasteiger partial charge is 0.399 e. The van der Waals surface area contributed by atoms with Crippen LogP contribution in [0.25, 0.3) is 0 Å². The molecule has 2 rings (SSSR count). The van der Waals surface area contributed by atoms with E-state index in [1.165, 1.54) is 19.2 Å². The van der Waals surface area contributed by atoms with Crippen LogP contribution in [0.5, 0.6) is 0 Å². The normalized spacial score (nSPS) is 12.2. The molecule has 0 heterocycles. The van der Waals surface area contributed by atoms with Crippen LogP contribution >= 0.6 is 0 Å². The van der Waals surface area contributed by atoms with Gasteiger partial charge in [-0.1, -0.05) is 40.6 Å². The Morgan fingerprint density at radius 2 is 1.71 bits per heavy atom. The molecule has 0 amide bonds. The molecular weight excluding hydrogens is 307 g/mol. The van der Waals surface area contributed by atoms with Crippen LogP contribution in [0.4, 0.5) is 4.39 Å². The van der Waals surface area contributed by atoms with E-state index in [4.69, 9.17) is 9.68 Å². The minimum Gasteiger partial charge on any atom is -0.399 e. The van der Waals surface area contributed by atoms with Crippen LogP contribution in [-0.2, 0) is 16.3 Å². The highest BCUT2D eigenvalue weighted by Gasteiger charge is 2.09. The summed E-state index contributed by atoms with van der Waals surface area (Å²) in [5.41, 5.74) is 5.34. The molecule has 0 aliphatic rings. The molecule has 0 aliphatic heterocycles. The number of benzene rings is 2. The molecule has 0 bridgehead atoms. The molecule has 0 saturated heterocycles. The lowest BCUT2D eigenvalue weighted by Crippen LogP contribution is -2.05. The van der Waals surface area contributed by atoms with Gasteiger partial charge in [0, 0.05) is 11.1 Å². The van der Waals surface area contributed by atoms with Crippen LogP contribution in [-0.4, -0.2) is 18.5 Å². The molecule has 24 heavy (non-hydrogen) atoms. The predicted octanol–water partition coefficient (Wildman–Crippen LogP) is 4.45. The first-order valence-corrected chi connectivity index (χ1v) is 7.62. The molecule has 2 aromatic rings. The Kier molecular flexibility index (Phi) is 6.07. The van der Waals surface area contributed by atoms with E-state index >= 15 is 0 Å². The average molecular weight is 328 g/mol. The van der Waals surface area contributed by atoms with Crippen molar-refractivity contribution in [2.75, 3.05) is 7.11 Å². The van der Waals surface area contributed by atoms with Gasteiger partial charge in [0.1, 0.15) is 19.5 Å². The van der Waals surface area contributed by atoms with E-state index in [2.05, 4.69) is 10.3 Å². The topological polar surface area (TPSA) is 43.2 Å². The number of oxime groups is 2. The fourth-order valence-electron chi connectivity index (χ4n) is 2.36. The van der Waals surface area contributed by atoms with Crippen molar-refractivity contribution in [3.63, 3.8) is 0 Å². The molecule has 4 nitrogen and oxygen atoms in total. The third-order valence-corrected chi connectivity index (χ3v) is 3.70. The summed E-state index contributed by atoms with van der Waals surface area (Å²) in [5, 5.41) is 8.12. The molecule has 126 valence electrons. The van der Waals surface area contributed by atoms with E-state index in [1.54, 1.807) is 12.1 Å². The summed E-state index contributed by atoms with van der Waals surface area (Å²) < 4.78 is 13.0. The Morgan fingerprint density at radius 1 is 1.00 bits per heavy atom. The second kappa shape index (κ2) is 8.24. The van der Waals surface area contributed by atoms with Gasteiger partial charge in [0.2, 0.25) is 0 Å². The van der Waals surface area contributed by atoms with Crippen LogP contribution in [0.15, 0.2) is 52.8 Å². The van der Waals surface area contributed by atoms with Gasteiger partial charge in [-0.25, -0.2) is 4.39 Å². The zero-order valence-corrected chi connectivity index (χ0v) is 14.3. The van der Waals surface area contributed by atoms with Crippen molar-refractivity contribution in [2.45, 2.75) is 27.4 Å². The van der Waals surface area contributed by atoms with Gasteiger partial charge in [0.05, 0.1) is 11.4 Å². The van der Waals surface area contributed by atoms with Crippen molar-refractivity contribution in [2.24, 2.45) is 10.3 Å². The first-order valence-electron chi connectivity index (χ1n) is 7.62. The highest BCUT2D eigenvalue weighted by Crippen LogP contribution is 2.17. The van der Waals surface area contributed by atoms with Crippen LogP contribution in [0.2, 0.25) is 0 Å². The van der Waals surface area contributed by atoms with Crippen molar-refractivity contribution >= 4 is 11.4 Å². The van der Waals surface area contributed by atoms with Gasteiger partial charge >= 0.3 is 0 Å². The van der Waals surface area contributed by atoms with Crippen molar-refractivity contribution < 1.29 is 14.1 Å². The molecule has 0 N–H and O–H groups in total. The Labute approximate surface area is 141 Å². The molecule has 0 atom stereocenters. The molecule has 0 fully saturated rings. The van der Waals surface area contributed by atoms with E-state index < -0.39 is 0 Å². The van der Waals surface area contributed by atoms with E-state index in [0.717, 1.165) is 28.0 Å². The maximum absolute atomic E-state index is 13.0. The van der Waals surface area contributed by atoms with Gasteiger partial charge in [0.15, 0.2) is 0 Å². The van der Waals surface area contributed by atoms with Crippen LogP contribution < -0.4 is 0 Å². The number of hydrogen-bond donors (Lipinski definition) is 0.